The molecule has 0 N–H and O–H groups in total. The molecule has 0 bridgehead atoms. The molecule has 4 nitrogen and oxygen atoms in total. The van der Waals surface area contributed by atoms with E-state index in [1.807, 2.05) is 23.5 Å². The summed E-state index contributed by atoms with van der Waals surface area (Å²) in [6.45, 7) is 8.21. The highest BCUT2D eigenvalue weighted by atomic mass is 32.2. The molecule has 0 aliphatic carbocycles. The van der Waals surface area contributed by atoms with Gasteiger partial charge in [0, 0.05) is 28.6 Å². The van der Waals surface area contributed by atoms with Gasteiger partial charge in [-0.2, -0.15) is 0 Å². The van der Waals surface area contributed by atoms with Gasteiger partial charge in [-0.3, -0.25) is 4.90 Å². The van der Waals surface area contributed by atoms with Gasteiger partial charge >= 0.3 is 0 Å². The predicted molar refractivity (Wildman–Crippen MR) is 110 cm³/mol. The number of rotatable bonds is 9. The van der Waals surface area contributed by atoms with E-state index in [1.54, 1.807) is 23.9 Å². The van der Waals surface area contributed by atoms with Crippen LogP contribution in [0, 0.1) is 12.7 Å². The van der Waals surface area contributed by atoms with E-state index in [4.69, 9.17) is 0 Å². The number of nitrogens with zero attached hydrogens (tertiary/aromatic N) is 4. The van der Waals surface area contributed by atoms with Gasteiger partial charge < -0.3 is 4.57 Å². The molecule has 27 heavy (non-hydrogen) atoms. The molecule has 0 aliphatic rings. The summed E-state index contributed by atoms with van der Waals surface area (Å²) < 4.78 is 15.4. The van der Waals surface area contributed by atoms with Gasteiger partial charge in [0.25, 0.3) is 0 Å². The van der Waals surface area contributed by atoms with Gasteiger partial charge in [0.05, 0.1) is 6.54 Å². The molecule has 0 fully saturated rings. The first kappa shape index (κ1) is 19.8. The second-order valence-electron chi connectivity index (χ2n) is 6.40. The lowest BCUT2D eigenvalue weighted by atomic mass is 10.2. The summed E-state index contributed by atoms with van der Waals surface area (Å²) in [5, 5.41) is 9.56. The summed E-state index contributed by atoms with van der Waals surface area (Å²) in [6, 6.07) is 11.0. The summed E-state index contributed by atoms with van der Waals surface area (Å²) >= 11 is 3.38. The van der Waals surface area contributed by atoms with Crippen LogP contribution in [0.2, 0.25) is 0 Å². The summed E-state index contributed by atoms with van der Waals surface area (Å²) in [6.07, 6.45) is 1.85. The van der Waals surface area contributed by atoms with Crippen molar-refractivity contribution in [3.63, 3.8) is 0 Å². The number of hydrogen-bond acceptors (Lipinski definition) is 5. The summed E-state index contributed by atoms with van der Waals surface area (Å²) in [4.78, 5) is 4.89. The zero-order chi connectivity index (χ0) is 19.2. The largest absolute Gasteiger partial charge is 0.301 e. The minimum absolute atomic E-state index is 0.216. The lowest BCUT2D eigenvalue weighted by molar-refractivity contribution is 0.307. The van der Waals surface area contributed by atoms with Gasteiger partial charge in [0.1, 0.15) is 11.6 Å². The van der Waals surface area contributed by atoms with Gasteiger partial charge in [-0.05, 0) is 43.8 Å². The van der Waals surface area contributed by atoms with E-state index >= 15 is 0 Å². The van der Waals surface area contributed by atoms with Gasteiger partial charge in [-0.25, -0.2) is 4.39 Å². The average Bonchev–Trinajstić information content (AvgIpc) is 3.20. The number of thiophene rings is 1. The zero-order valence-corrected chi connectivity index (χ0v) is 17.2. The zero-order valence-electron chi connectivity index (χ0n) is 15.6. The van der Waals surface area contributed by atoms with Crippen LogP contribution in [-0.4, -0.2) is 26.7 Å². The van der Waals surface area contributed by atoms with E-state index in [0.29, 0.717) is 18.8 Å². The van der Waals surface area contributed by atoms with Crippen LogP contribution in [-0.2, 0) is 25.4 Å². The van der Waals surface area contributed by atoms with Crippen LogP contribution in [0.1, 0.15) is 21.1 Å². The van der Waals surface area contributed by atoms with Crippen molar-refractivity contribution in [2.45, 2.75) is 37.5 Å². The second-order valence-corrected chi connectivity index (χ2v) is 8.72. The Morgan fingerprint density at radius 1 is 1.26 bits per heavy atom. The van der Waals surface area contributed by atoms with Crippen molar-refractivity contribution in [1.82, 2.24) is 19.7 Å². The van der Waals surface area contributed by atoms with Crippen LogP contribution in [0.3, 0.4) is 0 Å². The van der Waals surface area contributed by atoms with Crippen LogP contribution >= 0.6 is 23.1 Å². The summed E-state index contributed by atoms with van der Waals surface area (Å²) in [7, 11) is 2.08. The second kappa shape index (κ2) is 9.30. The van der Waals surface area contributed by atoms with E-state index < -0.39 is 0 Å². The molecule has 2 heterocycles. The standard InChI is InChI=1S/C20H23FN4S2/c1-4-10-25-19(13-24(3)12-18-9-8-15(2)27-18)22-23-20(25)26-14-16-6-5-7-17(21)11-16/h4-9,11H,1,10,12-14H2,2-3H3. The van der Waals surface area contributed by atoms with Crippen molar-refractivity contribution >= 4 is 23.1 Å². The fraction of sp³-hybridized carbons (Fsp3) is 0.300. The molecule has 0 atom stereocenters. The quantitative estimate of drug-likeness (QED) is 0.377. The maximum Gasteiger partial charge on any atom is 0.191 e. The maximum atomic E-state index is 13.4. The van der Waals surface area contributed by atoms with Crippen molar-refractivity contribution in [3.05, 3.63) is 76.0 Å². The van der Waals surface area contributed by atoms with E-state index in [0.717, 1.165) is 23.1 Å². The molecule has 3 rings (SSSR count). The minimum atomic E-state index is -0.216. The third kappa shape index (κ3) is 5.51. The molecule has 1 aromatic carbocycles. The molecule has 0 unspecified atom stereocenters. The van der Waals surface area contributed by atoms with Gasteiger partial charge in [-0.15, -0.1) is 28.1 Å². The molecular formula is C20H23FN4S2. The fourth-order valence-electron chi connectivity index (χ4n) is 2.76. The third-order valence-corrected chi connectivity index (χ3v) is 6.02. The van der Waals surface area contributed by atoms with Gasteiger partial charge in [0.15, 0.2) is 5.16 Å². The molecule has 2 aromatic heterocycles. The predicted octanol–water partition coefficient (Wildman–Crippen LogP) is 4.90. The number of halogens is 1. The first-order valence-electron chi connectivity index (χ1n) is 8.69. The maximum absolute atomic E-state index is 13.4. The molecule has 142 valence electrons. The Hall–Kier alpha value is -1.96. The Morgan fingerprint density at radius 3 is 2.81 bits per heavy atom. The van der Waals surface area contributed by atoms with Crippen LogP contribution in [0.25, 0.3) is 0 Å². The van der Waals surface area contributed by atoms with Crippen molar-refractivity contribution in [3.8, 4) is 0 Å². The van der Waals surface area contributed by atoms with Crippen molar-refractivity contribution in [1.29, 1.82) is 0 Å². The van der Waals surface area contributed by atoms with E-state index in [1.165, 1.54) is 15.8 Å². The third-order valence-electron chi connectivity index (χ3n) is 4.00. The van der Waals surface area contributed by atoms with Crippen LogP contribution in [0.4, 0.5) is 4.39 Å². The molecular weight excluding hydrogens is 379 g/mol. The fourth-order valence-corrected chi connectivity index (χ4v) is 4.64. The first-order valence-corrected chi connectivity index (χ1v) is 10.5. The lowest BCUT2D eigenvalue weighted by Crippen LogP contribution is -2.19. The molecule has 0 saturated carbocycles. The molecule has 0 radical (unpaired) electrons. The summed E-state index contributed by atoms with van der Waals surface area (Å²) in [5.74, 6) is 1.34. The van der Waals surface area contributed by atoms with E-state index in [9.17, 15) is 4.39 Å². The Morgan fingerprint density at radius 2 is 2.11 bits per heavy atom. The normalized spacial score (nSPS) is 11.3. The van der Waals surface area contributed by atoms with Crippen LogP contribution in [0.15, 0.2) is 54.2 Å². The summed E-state index contributed by atoms with van der Waals surface area (Å²) in [5.41, 5.74) is 0.930. The number of hydrogen-bond donors (Lipinski definition) is 0. The van der Waals surface area contributed by atoms with Crippen molar-refractivity contribution in [2.24, 2.45) is 0 Å². The molecule has 3 aromatic rings. The van der Waals surface area contributed by atoms with E-state index in [2.05, 4.69) is 52.3 Å². The smallest absolute Gasteiger partial charge is 0.191 e. The Labute approximate surface area is 167 Å². The monoisotopic (exact) mass is 402 g/mol. The SMILES string of the molecule is C=CCn1c(CN(C)Cc2ccc(C)s2)nnc1SCc1cccc(F)c1. The molecule has 0 amide bonds. The molecule has 0 aliphatic heterocycles. The highest BCUT2D eigenvalue weighted by Gasteiger charge is 2.14. The van der Waals surface area contributed by atoms with Gasteiger partial charge in [0.2, 0.25) is 0 Å². The van der Waals surface area contributed by atoms with Crippen molar-refractivity contribution in [2.75, 3.05) is 7.05 Å². The molecule has 0 spiro atoms. The van der Waals surface area contributed by atoms with Crippen LogP contribution < -0.4 is 0 Å². The number of benzene rings is 1. The molecule has 7 heteroatoms. The van der Waals surface area contributed by atoms with Gasteiger partial charge in [-0.1, -0.05) is 30.0 Å². The van der Waals surface area contributed by atoms with Crippen LogP contribution in [0.5, 0.6) is 0 Å². The van der Waals surface area contributed by atoms with E-state index in [-0.39, 0.29) is 5.82 Å². The Kier molecular flexibility index (Phi) is 6.82. The average molecular weight is 403 g/mol. The first-order chi connectivity index (χ1) is 13.0. The highest BCUT2D eigenvalue weighted by molar-refractivity contribution is 7.98. The number of allylic oxidation sites excluding steroid dienone is 1. The Bertz CT molecular complexity index is 903. The minimum Gasteiger partial charge on any atom is -0.301 e. The number of aromatic nitrogens is 3. The highest BCUT2D eigenvalue weighted by Crippen LogP contribution is 2.23. The Balaban J connectivity index is 1.67. The lowest BCUT2D eigenvalue weighted by Gasteiger charge is -2.16. The molecule has 0 saturated heterocycles. The topological polar surface area (TPSA) is 34.0 Å². The number of thioether (sulfide) groups is 1. The number of aryl methyl sites for hydroxylation is 1. The van der Waals surface area contributed by atoms with Crippen molar-refractivity contribution < 1.29 is 4.39 Å².